The lowest BCUT2D eigenvalue weighted by atomic mass is 9.84. The number of hydrogen-bond donors (Lipinski definition) is 0. The van der Waals surface area contributed by atoms with E-state index in [1.807, 2.05) is 24.4 Å². The highest BCUT2D eigenvalue weighted by atomic mass is 16.5. The number of piperidine rings is 1. The number of aromatic nitrogens is 1. The number of ether oxygens (including phenoxy) is 1. The maximum atomic E-state index is 12.6. The number of benzene rings is 1. The molecular formula is C22H27N3O2. The number of pyridine rings is 1. The van der Waals surface area contributed by atoms with E-state index in [9.17, 15) is 4.79 Å². The molecule has 5 nitrogen and oxygen atoms in total. The summed E-state index contributed by atoms with van der Waals surface area (Å²) in [5.41, 5.74) is 2.46. The summed E-state index contributed by atoms with van der Waals surface area (Å²) in [6.45, 7) is 3.70. The zero-order valence-corrected chi connectivity index (χ0v) is 15.9. The van der Waals surface area contributed by atoms with Gasteiger partial charge in [0.05, 0.1) is 7.11 Å². The van der Waals surface area contributed by atoms with Crippen molar-refractivity contribution in [1.82, 2.24) is 14.8 Å². The van der Waals surface area contributed by atoms with Crippen LogP contribution in [0.5, 0.6) is 5.75 Å². The van der Waals surface area contributed by atoms with Crippen LogP contribution >= 0.6 is 0 Å². The van der Waals surface area contributed by atoms with E-state index in [0.29, 0.717) is 18.9 Å². The monoisotopic (exact) mass is 365 g/mol. The number of likely N-dealkylation sites (tertiary alicyclic amines) is 2. The summed E-state index contributed by atoms with van der Waals surface area (Å²) in [4.78, 5) is 21.4. The van der Waals surface area contributed by atoms with Crippen LogP contribution in [-0.4, -0.2) is 46.4 Å². The standard InChI is InChI=1S/C22H27N3O2/c1-27-20-6-4-18(5-7-20)16-24-13-10-22(11-14-24)9-8-21(26)25(22)17-19-3-2-12-23-15-19/h2-7,12,15H,8-11,13-14,16-17H2,1H3. The van der Waals surface area contributed by atoms with E-state index in [0.717, 1.165) is 50.2 Å². The SMILES string of the molecule is COc1ccc(CN2CCC3(CCC(=O)N3Cc3cccnc3)CC2)cc1. The molecule has 1 aromatic heterocycles. The molecule has 142 valence electrons. The van der Waals surface area contributed by atoms with Gasteiger partial charge in [-0.1, -0.05) is 18.2 Å². The summed E-state index contributed by atoms with van der Waals surface area (Å²) in [6, 6.07) is 12.3. The summed E-state index contributed by atoms with van der Waals surface area (Å²) in [5.74, 6) is 1.19. The van der Waals surface area contributed by atoms with Gasteiger partial charge in [0.15, 0.2) is 0 Å². The first kappa shape index (κ1) is 18.0. The number of amides is 1. The van der Waals surface area contributed by atoms with Crippen LogP contribution < -0.4 is 4.74 Å². The van der Waals surface area contributed by atoms with Crippen molar-refractivity contribution in [2.45, 2.75) is 44.3 Å². The Hall–Kier alpha value is -2.40. The van der Waals surface area contributed by atoms with Crippen molar-refractivity contribution in [2.24, 2.45) is 0 Å². The van der Waals surface area contributed by atoms with Crippen LogP contribution in [-0.2, 0) is 17.9 Å². The molecule has 3 heterocycles. The van der Waals surface area contributed by atoms with Crippen molar-refractivity contribution in [1.29, 1.82) is 0 Å². The molecule has 27 heavy (non-hydrogen) atoms. The molecule has 0 N–H and O–H groups in total. The van der Waals surface area contributed by atoms with Crippen LogP contribution in [0.3, 0.4) is 0 Å². The summed E-state index contributed by atoms with van der Waals surface area (Å²) in [5, 5.41) is 0. The van der Waals surface area contributed by atoms with E-state index in [-0.39, 0.29) is 5.54 Å². The third-order valence-corrected chi connectivity index (χ3v) is 6.09. The summed E-state index contributed by atoms with van der Waals surface area (Å²) >= 11 is 0. The van der Waals surface area contributed by atoms with Crippen molar-refractivity contribution in [3.05, 3.63) is 59.9 Å². The first-order valence-corrected chi connectivity index (χ1v) is 9.73. The maximum Gasteiger partial charge on any atom is 0.223 e. The second-order valence-electron chi connectivity index (χ2n) is 7.69. The van der Waals surface area contributed by atoms with Crippen molar-refractivity contribution < 1.29 is 9.53 Å². The lowest BCUT2D eigenvalue weighted by Crippen LogP contribution is -2.52. The van der Waals surface area contributed by atoms with Gasteiger partial charge in [0.2, 0.25) is 5.91 Å². The first-order valence-electron chi connectivity index (χ1n) is 9.73. The lowest BCUT2D eigenvalue weighted by molar-refractivity contribution is -0.133. The highest BCUT2D eigenvalue weighted by molar-refractivity contribution is 5.79. The van der Waals surface area contributed by atoms with E-state index in [4.69, 9.17) is 4.74 Å². The Bertz CT molecular complexity index is 768. The number of rotatable bonds is 5. The fourth-order valence-corrected chi connectivity index (χ4v) is 4.44. The van der Waals surface area contributed by atoms with E-state index >= 15 is 0 Å². The van der Waals surface area contributed by atoms with Crippen LogP contribution in [0.15, 0.2) is 48.8 Å². The predicted molar refractivity (Wildman–Crippen MR) is 104 cm³/mol. The number of carbonyl (C=O) groups excluding carboxylic acids is 1. The molecule has 1 amide bonds. The average molecular weight is 365 g/mol. The van der Waals surface area contributed by atoms with Crippen LogP contribution in [0.25, 0.3) is 0 Å². The summed E-state index contributed by atoms with van der Waals surface area (Å²) in [6.07, 6.45) is 7.42. The van der Waals surface area contributed by atoms with Crippen LogP contribution in [0.4, 0.5) is 0 Å². The van der Waals surface area contributed by atoms with Crippen molar-refractivity contribution >= 4 is 5.91 Å². The fraction of sp³-hybridized carbons (Fsp3) is 0.455. The quantitative estimate of drug-likeness (QED) is 0.816. The van der Waals surface area contributed by atoms with E-state index < -0.39 is 0 Å². The number of hydrogen-bond acceptors (Lipinski definition) is 4. The third kappa shape index (κ3) is 3.83. The largest absolute Gasteiger partial charge is 0.497 e. The van der Waals surface area contributed by atoms with Gasteiger partial charge >= 0.3 is 0 Å². The van der Waals surface area contributed by atoms with Crippen LogP contribution in [0.1, 0.15) is 36.8 Å². The second kappa shape index (κ2) is 7.69. The Balaban J connectivity index is 1.39. The summed E-state index contributed by atoms with van der Waals surface area (Å²) in [7, 11) is 1.69. The Kier molecular flexibility index (Phi) is 5.12. The highest BCUT2D eigenvalue weighted by Gasteiger charge is 2.46. The van der Waals surface area contributed by atoms with Gasteiger partial charge in [-0.15, -0.1) is 0 Å². The van der Waals surface area contributed by atoms with Gasteiger partial charge in [0.25, 0.3) is 0 Å². The van der Waals surface area contributed by atoms with Gasteiger partial charge in [0.1, 0.15) is 5.75 Å². The molecule has 5 heteroatoms. The molecule has 2 aromatic rings. The normalized spacial score (nSPS) is 19.6. The molecule has 0 bridgehead atoms. The van der Waals surface area contributed by atoms with Gasteiger partial charge in [0, 0.05) is 50.5 Å². The minimum Gasteiger partial charge on any atom is -0.497 e. The molecule has 1 aromatic carbocycles. The van der Waals surface area contributed by atoms with Crippen LogP contribution in [0, 0.1) is 0 Å². The van der Waals surface area contributed by atoms with Gasteiger partial charge in [-0.25, -0.2) is 0 Å². The molecule has 0 saturated carbocycles. The van der Waals surface area contributed by atoms with Gasteiger partial charge in [-0.05, 0) is 48.6 Å². The minimum atomic E-state index is 0.0311. The molecule has 2 fully saturated rings. The smallest absolute Gasteiger partial charge is 0.223 e. The lowest BCUT2D eigenvalue weighted by Gasteiger charge is -2.45. The van der Waals surface area contributed by atoms with E-state index in [2.05, 4.69) is 33.0 Å². The summed E-state index contributed by atoms with van der Waals surface area (Å²) < 4.78 is 5.24. The van der Waals surface area contributed by atoms with Gasteiger partial charge < -0.3 is 9.64 Å². The Labute approximate surface area is 161 Å². The molecule has 2 aliphatic heterocycles. The number of carbonyl (C=O) groups is 1. The molecule has 4 rings (SSSR count). The van der Waals surface area contributed by atoms with E-state index in [1.165, 1.54) is 5.56 Å². The molecule has 2 aliphatic rings. The predicted octanol–water partition coefficient (Wildman–Crippen LogP) is 3.25. The second-order valence-corrected chi connectivity index (χ2v) is 7.69. The van der Waals surface area contributed by atoms with Gasteiger partial charge in [-0.2, -0.15) is 0 Å². The minimum absolute atomic E-state index is 0.0311. The molecule has 0 radical (unpaired) electrons. The van der Waals surface area contributed by atoms with Crippen molar-refractivity contribution in [3.63, 3.8) is 0 Å². The third-order valence-electron chi connectivity index (χ3n) is 6.09. The molecule has 0 unspecified atom stereocenters. The highest BCUT2D eigenvalue weighted by Crippen LogP contribution is 2.40. The zero-order valence-electron chi connectivity index (χ0n) is 15.9. The van der Waals surface area contributed by atoms with E-state index in [1.54, 1.807) is 13.3 Å². The van der Waals surface area contributed by atoms with Crippen molar-refractivity contribution in [3.8, 4) is 5.75 Å². The Morgan fingerprint density at radius 2 is 1.81 bits per heavy atom. The maximum absolute atomic E-state index is 12.6. The number of nitrogens with zero attached hydrogens (tertiary/aromatic N) is 3. The topological polar surface area (TPSA) is 45.7 Å². The molecule has 2 saturated heterocycles. The van der Waals surface area contributed by atoms with Crippen LogP contribution in [0.2, 0.25) is 0 Å². The average Bonchev–Trinajstić information content (AvgIpc) is 3.01. The molecule has 1 spiro atoms. The zero-order chi connectivity index (χ0) is 18.7. The first-order chi connectivity index (χ1) is 13.2. The fourth-order valence-electron chi connectivity index (χ4n) is 4.44. The Morgan fingerprint density at radius 3 is 2.48 bits per heavy atom. The Morgan fingerprint density at radius 1 is 1.04 bits per heavy atom. The van der Waals surface area contributed by atoms with Gasteiger partial charge in [-0.3, -0.25) is 14.7 Å². The van der Waals surface area contributed by atoms with Crippen molar-refractivity contribution in [2.75, 3.05) is 20.2 Å². The molecular weight excluding hydrogens is 338 g/mol. The molecule has 0 atom stereocenters. The molecule has 0 aliphatic carbocycles. The number of methoxy groups -OCH3 is 1.